The van der Waals surface area contributed by atoms with E-state index in [9.17, 15) is 0 Å². The van der Waals surface area contributed by atoms with Gasteiger partial charge in [-0.3, -0.25) is 0 Å². The van der Waals surface area contributed by atoms with E-state index < -0.39 is 0 Å². The van der Waals surface area contributed by atoms with Crippen LogP contribution in [0.5, 0.6) is 0 Å². The second kappa shape index (κ2) is 6.63. The largest absolute Gasteiger partial charge is 0.370 e. The van der Waals surface area contributed by atoms with Gasteiger partial charge in [-0.05, 0) is 0 Å². The molecule has 106 valence electrons. The molecule has 2 N–H and O–H groups in total. The highest BCUT2D eigenvalue weighted by atomic mass is 16.5. The van der Waals surface area contributed by atoms with Crippen LogP contribution in [0.15, 0.2) is 30.5 Å². The molecule has 0 amide bonds. The van der Waals surface area contributed by atoms with Gasteiger partial charge in [0.1, 0.15) is 13.1 Å². The molecule has 1 aromatic carbocycles. The van der Waals surface area contributed by atoms with E-state index in [1.54, 1.807) is 11.1 Å². The van der Waals surface area contributed by atoms with Crippen LogP contribution in [0.25, 0.3) is 10.8 Å². The second-order valence-electron chi connectivity index (χ2n) is 5.17. The lowest BCUT2D eigenvalue weighted by atomic mass is 10.2. The van der Waals surface area contributed by atoms with E-state index in [0.29, 0.717) is 0 Å². The Morgan fingerprint density at radius 2 is 2.05 bits per heavy atom. The monoisotopic (exact) mass is 273 g/mol. The minimum absolute atomic E-state index is 0.889. The normalized spacial score (nSPS) is 16.4. The van der Waals surface area contributed by atoms with Crippen molar-refractivity contribution < 1.29 is 9.64 Å². The van der Waals surface area contributed by atoms with Gasteiger partial charge in [0.05, 0.1) is 26.0 Å². The molecule has 2 aromatic rings. The third-order valence-electron chi connectivity index (χ3n) is 3.77. The SMILES string of the molecule is c1ccc2c(NCCC[NH+]3CCOCC3)nncc2c1. The van der Waals surface area contributed by atoms with Crippen molar-refractivity contribution in [2.45, 2.75) is 6.42 Å². The Balaban J connectivity index is 1.52. The Labute approximate surface area is 118 Å². The van der Waals surface area contributed by atoms with Gasteiger partial charge >= 0.3 is 0 Å². The summed E-state index contributed by atoms with van der Waals surface area (Å²) in [5.41, 5.74) is 0. The predicted octanol–water partition coefficient (Wildman–Crippen LogP) is 0.347. The molecule has 0 saturated carbocycles. The smallest absolute Gasteiger partial charge is 0.156 e. The lowest BCUT2D eigenvalue weighted by Gasteiger charge is -2.23. The fraction of sp³-hybridized carbons (Fsp3) is 0.467. The van der Waals surface area contributed by atoms with Crippen LogP contribution < -0.4 is 10.2 Å². The van der Waals surface area contributed by atoms with Gasteiger partial charge in [0, 0.05) is 23.7 Å². The number of morpholine rings is 1. The molecule has 0 radical (unpaired) electrons. The number of hydrogen-bond acceptors (Lipinski definition) is 4. The van der Waals surface area contributed by atoms with Gasteiger partial charge in [-0.2, -0.15) is 5.10 Å². The van der Waals surface area contributed by atoms with Crippen molar-refractivity contribution in [1.29, 1.82) is 0 Å². The summed E-state index contributed by atoms with van der Waals surface area (Å²) in [5, 5.41) is 13.9. The average Bonchev–Trinajstić information content (AvgIpc) is 2.53. The van der Waals surface area contributed by atoms with Gasteiger partial charge in [-0.1, -0.05) is 24.3 Å². The van der Waals surface area contributed by atoms with E-state index in [1.807, 2.05) is 12.1 Å². The Bertz CT molecular complexity index is 549. The molecule has 5 nitrogen and oxygen atoms in total. The number of hydrogen-bond donors (Lipinski definition) is 2. The molecule has 3 rings (SSSR count). The maximum Gasteiger partial charge on any atom is 0.156 e. The molecular weight excluding hydrogens is 252 g/mol. The van der Waals surface area contributed by atoms with Gasteiger partial charge in [0.25, 0.3) is 0 Å². The number of nitrogens with zero attached hydrogens (tertiary/aromatic N) is 2. The molecule has 0 atom stereocenters. The van der Waals surface area contributed by atoms with Crippen molar-refractivity contribution in [3.8, 4) is 0 Å². The molecule has 20 heavy (non-hydrogen) atoms. The Morgan fingerprint density at radius 1 is 1.20 bits per heavy atom. The lowest BCUT2D eigenvalue weighted by molar-refractivity contribution is -0.908. The second-order valence-corrected chi connectivity index (χ2v) is 5.17. The van der Waals surface area contributed by atoms with Crippen LogP contribution in [0, 0.1) is 0 Å². The summed E-state index contributed by atoms with van der Waals surface area (Å²) >= 11 is 0. The maximum absolute atomic E-state index is 5.37. The summed E-state index contributed by atoms with van der Waals surface area (Å²) < 4.78 is 5.37. The van der Waals surface area contributed by atoms with E-state index in [-0.39, 0.29) is 0 Å². The highest BCUT2D eigenvalue weighted by Gasteiger charge is 2.12. The summed E-state index contributed by atoms with van der Waals surface area (Å²) in [6, 6.07) is 8.20. The quantitative estimate of drug-likeness (QED) is 0.772. The summed E-state index contributed by atoms with van der Waals surface area (Å²) in [6.07, 6.45) is 2.94. The zero-order valence-corrected chi connectivity index (χ0v) is 11.6. The van der Waals surface area contributed by atoms with Crippen LogP contribution >= 0.6 is 0 Å². The van der Waals surface area contributed by atoms with Gasteiger partial charge in [0.2, 0.25) is 0 Å². The van der Waals surface area contributed by atoms with E-state index in [0.717, 1.165) is 55.9 Å². The predicted molar refractivity (Wildman–Crippen MR) is 79.0 cm³/mol. The number of nitrogens with one attached hydrogen (secondary N) is 2. The first-order valence-corrected chi connectivity index (χ1v) is 7.29. The van der Waals surface area contributed by atoms with E-state index in [2.05, 4.69) is 27.6 Å². The number of aromatic nitrogens is 2. The number of rotatable bonds is 5. The summed E-state index contributed by atoms with van der Waals surface area (Å²) in [5.74, 6) is 0.889. The number of fused-ring (bicyclic) bond motifs is 1. The van der Waals surface area contributed by atoms with Crippen LogP contribution in [0.4, 0.5) is 5.82 Å². The van der Waals surface area contributed by atoms with Gasteiger partial charge in [-0.15, -0.1) is 5.10 Å². The number of benzene rings is 1. The third-order valence-corrected chi connectivity index (χ3v) is 3.77. The lowest BCUT2D eigenvalue weighted by Crippen LogP contribution is -3.14. The topological polar surface area (TPSA) is 51.5 Å². The Kier molecular flexibility index (Phi) is 4.40. The van der Waals surface area contributed by atoms with Crippen LogP contribution in [0.2, 0.25) is 0 Å². The average molecular weight is 273 g/mol. The molecule has 0 spiro atoms. The zero-order valence-electron chi connectivity index (χ0n) is 11.6. The molecule has 1 aliphatic heterocycles. The van der Waals surface area contributed by atoms with Crippen molar-refractivity contribution in [3.63, 3.8) is 0 Å². The Morgan fingerprint density at radius 3 is 2.95 bits per heavy atom. The fourth-order valence-electron chi connectivity index (χ4n) is 2.61. The van der Waals surface area contributed by atoms with Crippen molar-refractivity contribution in [1.82, 2.24) is 10.2 Å². The summed E-state index contributed by atoms with van der Waals surface area (Å²) in [7, 11) is 0. The minimum atomic E-state index is 0.889. The molecular formula is C15H21N4O+. The molecule has 5 heteroatoms. The molecule has 2 heterocycles. The van der Waals surface area contributed by atoms with Crippen molar-refractivity contribution >= 4 is 16.6 Å². The third kappa shape index (κ3) is 3.23. The van der Waals surface area contributed by atoms with Crippen LogP contribution in [0.1, 0.15) is 6.42 Å². The van der Waals surface area contributed by atoms with E-state index >= 15 is 0 Å². The number of ether oxygens (including phenoxy) is 1. The molecule has 1 aliphatic rings. The molecule has 0 aliphatic carbocycles. The highest BCUT2D eigenvalue weighted by molar-refractivity contribution is 5.90. The van der Waals surface area contributed by atoms with Gasteiger partial charge in [0.15, 0.2) is 5.82 Å². The molecule has 0 unspecified atom stereocenters. The molecule has 1 saturated heterocycles. The zero-order chi connectivity index (χ0) is 13.6. The van der Waals surface area contributed by atoms with Crippen molar-refractivity contribution in [2.24, 2.45) is 0 Å². The molecule has 1 fully saturated rings. The first kappa shape index (κ1) is 13.3. The van der Waals surface area contributed by atoms with Crippen LogP contribution in [-0.4, -0.2) is 49.6 Å². The minimum Gasteiger partial charge on any atom is -0.370 e. The van der Waals surface area contributed by atoms with Crippen molar-refractivity contribution in [2.75, 3.05) is 44.7 Å². The standard InChI is InChI=1S/C15H20N4O/c1-2-5-14-13(4-1)12-17-18-15(14)16-6-3-7-19-8-10-20-11-9-19/h1-2,4-5,12H,3,6-11H2,(H,16,18)/p+1. The summed E-state index contributed by atoms with van der Waals surface area (Å²) in [6.45, 7) is 6.19. The van der Waals surface area contributed by atoms with E-state index in [4.69, 9.17) is 4.74 Å². The van der Waals surface area contributed by atoms with Crippen LogP contribution in [0.3, 0.4) is 0 Å². The number of quaternary nitrogens is 1. The first-order valence-electron chi connectivity index (χ1n) is 7.29. The maximum atomic E-state index is 5.37. The summed E-state index contributed by atoms with van der Waals surface area (Å²) in [4.78, 5) is 1.64. The van der Waals surface area contributed by atoms with Crippen LogP contribution in [-0.2, 0) is 4.74 Å². The highest BCUT2D eigenvalue weighted by Crippen LogP contribution is 2.18. The van der Waals surface area contributed by atoms with Crippen molar-refractivity contribution in [3.05, 3.63) is 30.5 Å². The van der Waals surface area contributed by atoms with Gasteiger partial charge in [-0.25, -0.2) is 0 Å². The molecule has 1 aromatic heterocycles. The Hall–Kier alpha value is -1.72. The first-order chi connectivity index (χ1) is 9.93. The number of anilines is 1. The van der Waals surface area contributed by atoms with Gasteiger partial charge < -0.3 is 15.0 Å². The van der Waals surface area contributed by atoms with E-state index in [1.165, 1.54) is 6.54 Å². The fourth-order valence-corrected chi connectivity index (χ4v) is 2.61. The molecule has 0 bridgehead atoms.